The first-order valence-electron chi connectivity index (χ1n) is 6.68. The molecule has 1 aliphatic carbocycles. The number of Topliss-reactive ketones (excluding diaryl/α,β-unsaturated/α-hetero) is 1. The number of ether oxygens (including phenoxy) is 1. The fraction of sp³-hybridized carbons (Fsp3) is 0.533. The van der Waals surface area contributed by atoms with Crippen molar-refractivity contribution < 1.29 is 18.3 Å². The van der Waals surface area contributed by atoms with Crippen molar-refractivity contribution in [2.45, 2.75) is 38.7 Å². The van der Waals surface area contributed by atoms with Crippen LogP contribution >= 0.6 is 0 Å². The van der Waals surface area contributed by atoms with Crippen molar-refractivity contribution >= 4 is 5.78 Å². The summed E-state index contributed by atoms with van der Waals surface area (Å²) >= 11 is 0. The maximum absolute atomic E-state index is 13.4. The number of benzene rings is 1. The van der Waals surface area contributed by atoms with E-state index < -0.39 is 17.4 Å². The van der Waals surface area contributed by atoms with Gasteiger partial charge in [0.05, 0.1) is 11.7 Å². The summed E-state index contributed by atoms with van der Waals surface area (Å²) in [6.07, 6.45) is 4.42. The number of carbonyl (C=O) groups is 1. The van der Waals surface area contributed by atoms with E-state index in [-0.39, 0.29) is 18.3 Å². The van der Waals surface area contributed by atoms with Gasteiger partial charge in [-0.15, -0.1) is 0 Å². The molecular formula is C15H18F2O2. The summed E-state index contributed by atoms with van der Waals surface area (Å²) in [5.74, 6) is -1.52. The molecule has 0 heterocycles. The smallest absolute Gasteiger partial charge is 0.191 e. The first-order chi connectivity index (χ1) is 9.08. The molecule has 1 fully saturated rings. The summed E-state index contributed by atoms with van der Waals surface area (Å²) in [5.41, 5.74) is -0.107. The fourth-order valence-electron chi connectivity index (χ4n) is 2.51. The minimum absolute atomic E-state index is 0.0706. The van der Waals surface area contributed by atoms with Gasteiger partial charge in [0.1, 0.15) is 18.2 Å². The molecule has 0 N–H and O–H groups in total. The van der Waals surface area contributed by atoms with Gasteiger partial charge in [-0.3, -0.25) is 4.79 Å². The van der Waals surface area contributed by atoms with Crippen LogP contribution in [0.1, 0.15) is 43.0 Å². The van der Waals surface area contributed by atoms with Crippen molar-refractivity contribution in [1.29, 1.82) is 0 Å². The number of hydrogen-bond donors (Lipinski definition) is 0. The third-order valence-electron chi connectivity index (χ3n) is 3.69. The first kappa shape index (κ1) is 14.1. The van der Waals surface area contributed by atoms with Crippen molar-refractivity contribution in [3.05, 3.63) is 35.4 Å². The zero-order chi connectivity index (χ0) is 13.8. The predicted molar refractivity (Wildman–Crippen MR) is 68.1 cm³/mol. The van der Waals surface area contributed by atoms with Crippen LogP contribution in [0.2, 0.25) is 0 Å². The third kappa shape index (κ3) is 3.60. The summed E-state index contributed by atoms with van der Waals surface area (Å²) < 4.78 is 31.8. The Labute approximate surface area is 111 Å². The molecule has 2 atom stereocenters. The van der Waals surface area contributed by atoms with E-state index in [4.69, 9.17) is 4.74 Å². The van der Waals surface area contributed by atoms with Gasteiger partial charge in [0, 0.05) is 6.07 Å². The second kappa shape index (κ2) is 6.24. The molecule has 1 aromatic rings. The summed E-state index contributed by atoms with van der Waals surface area (Å²) in [5, 5.41) is 0. The van der Waals surface area contributed by atoms with Crippen LogP contribution in [0.4, 0.5) is 8.78 Å². The highest BCUT2D eigenvalue weighted by molar-refractivity contribution is 5.97. The summed E-state index contributed by atoms with van der Waals surface area (Å²) in [4.78, 5) is 11.8. The van der Waals surface area contributed by atoms with E-state index in [9.17, 15) is 13.6 Å². The molecule has 0 spiro atoms. The number of ketones is 1. The van der Waals surface area contributed by atoms with Gasteiger partial charge in [0.2, 0.25) is 0 Å². The molecule has 0 aromatic heterocycles. The van der Waals surface area contributed by atoms with Crippen molar-refractivity contribution in [3.63, 3.8) is 0 Å². The average Bonchev–Trinajstić information content (AvgIpc) is 2.37. The fourth-order valence-corrected chi connectivity index (χ4v) is 2.51. The lowest BCUT2D eigenvalue weighted by molar-refractivity contribution is 0.000611. The molecule has 0 radical (unpaired) electrons. The van der Waals surface area contributed by atoms with E-state index >= 15 is 0 Å². The minimum Gasteiger partial charge on any atom is -0.370 e. The van der Waals surface area contributed by atoms with Gasteiger partial charge in [0.15, 0.2) is 5.78 Å². The molecule has 19 heavy (non-hydrogen) atoms. The Balaban J connectivity index is 1.93. The molecule has 1 aliphatic rings. The molecule has 2 nitrogen and oxygen atoms in total. The second-order valence-electron chi connectivity index (χ2n) is 5.16. The summed E-state index contributed by atoms with van der Waals surface area (Å²) in [7, 11) is 0. The van der Waals surface area contributed by atoms with Crippen LogP contribution in [0.5, 0.6) is 0 Å². The molecule has 2 rings (SSSR count). The Hall–Kier alpha value is -1.29. The van der Waals surface area contributed by atoms with Crippen molar-refractivity contribution in [3.8, 4) is 0 Å². The summed E-state index contributed by atoms with van der Waals surface area (Å²) in [6, 6.07) is 2.97. The van der Waals surface area contributed by atoms with Crippen LogP contribution in [0, 0.1) is 17.6 Å². The van der Waals surface area contributed by atoms with Crippen molar-refractivity contribution in [2.24, 2.45) is 5.92 Å². The SMILES string of the molecule is CC1CCCCC1OCC(=O)c1ccc(F)cc1F. The standard InChI is InChI=1S/C15H18F2O2/c1-10-4-2-3-5-15(10)19-9-14(18)12-7-6-11(16)8-13(12)17/h6-8,10,15H,2-5,9H2,1H3. The molecule has 1 saturated carbocycles. The van der Waals surface area contributed by atoms with E-state index in [1.165, 1.54) is 12.5 Å². The van der Waals surface area contributed by atoms with Crippen LogP contribution in [0.3, 0.4) is 0 Å². The van der Waals surface area contributed by atoms with Crippen molar-refractivity contribution in [1.82, 2.24) is 0 Å². The Kier molecular flexibility index (Phi) is 4.64. The van der Waals surface area contributed by atoms with Gasteiger partial charge < -0.3 is 4.74 Å². The molecule has 104 valence electrons. The van der Waals surface area contributed by atoms with Gasteiger partial charge in [-0.05, 0) is 30.9 Å². The number of rotatable bonds is 4. The van der Waals surface area contributed by atoms with Crippen molar-refractivity contribution in [2.75, 3.05) is 6.61 Å². The van der Waals surface area contributed by atoms with Crippen LogP contribution in [-0.4, -0.2) is 18.5 Å². The van der Waals surface area contributed by atoms with E-state index in [1.54, 1.807) is 0 Å². The number of carbonyl (C=O) groups excluding carboxylic acids is 1. The monoisotopic (exact) mass is 268 g/mol. The lowest BCUT2D eigenvalue weighted by Gasteiger charge is -2.28. The topological polar surface area (TPSA) is 26.3 Å². The summed E-state index contributed by atoms with van der Waals surface area (Å²) in [6.45, 7) is 1.96. The van der Waals surface area contributed by atoms with E-state index in [0.717, 1.165) is 31.4 Å². The normalized spacial score (nSPS) is 23.3. The lowest BCUT2D eigenvalue weighted by Crippen LogP contribution is -2.28. The van der Waals surface area contributed by atoms with Crippen LogP contribution in [0.25, 0.3) is 0 Å². The highest BCUT2D eigenvalue weighted by Gasteiger charge is 2.23. The molecule has 4 heteroatoms. The molecule has 0 saturated heterocycles. The second-order valence-corrected chi connectivity index (χ2v) is 5.16. The molecular weight excluding hydrogens is 250 g/mol. The Morgan fingerprint density at radius 2 is 2.05 bits per heavy atom. The average molecular weight is 268 g/mol. The van der Waals surface area contributed by atoms with Gasteiger partial charge in [-0.25, -0.2) is 8.78 Å². The van der Waals surface area contributed by atoms with Gasteiger partial charge >= 0.3 is 0 Å². The quantitative estimate of drug-likeness (QED) is 0.777. The number of hydrogen-bond acceptors (Lipinski definition) is 2. The zero-order valence-electron chi connectivity index (χ0n) is 11.0. The zero-order valence-corrected chi connectivity index (χ0v) is 11.0. The Morgan fingerprint density at radius 1 is 1.32 bits per heavy atom. The minimum atomic E-state index is -0.828. The largest absolute Gasteiger partial charge is 0.370 e. The van der Waals surface area contributed by atoms with E-state index in [1.807, 2.05) is 0 Å². The molecule has 0 amide bonds. The first-order valence-corrected chi connectivity index (χ1v) is 6.68. The lowest BCUT2D eigenvalue weighted by atomic mass is 9.88. The molecule has 2 unspecified atom stereocenters. The molecule has 0 bridgehead atoms. The van der Waals surface area contributed by atoms with Gasteiger partial charge in [-0.1, -0.05) is 19.8 Å². The van der Waals surface area contributed by atoms with Crippen LogP contribution in [0.15, 0.2) is 18.2 Å². The van der Waals surface area contributed by atoms with E-state index in [2.05, 4.69) is 6.92 Å². The van der Waals surface area contributed by atoms with Crippen LogP contribution in [-0.2, 0) is 4.74 Å². The van der Waals surface area contributed by atoms with Crippen LogP contribution < -0.4 is 0 Å². The number of halogens is 2. The molecule has 1 aromatic carbocycles. The Bertz CT molecular complexity index is 459. The van der Waals surface area contributed by atoms with E-state index in [0.29, 0.717) is 5.92 Å². The maximum Gasteiger partial charge on any atom is 0.191 e. The van der Waals surface area contributed by atoms with Gasteiger partial charge in [-0.2, -0.15) is 0 Å². The molecule has 0 aliphatic heterocycles. The highest BCUT2D eigenvalue weighted by atomic mass is 19.1. The van der Waals surface area contributed by atoms with Gasteiger partial charge in [0.25, 0.3) is 0 Å². The predicted octanol–water partition coefficient (Wildman–Crippen LogP) is 3.74. The third-order valence-corrected chi connectivity index (χ3v) is 3.69. The highest BCUT2D eigenvalue weighted by Crippen LogP contribution is 2.26. The maximum atomic E-state index is 13.4. The Morgan fingerprint density at radius 3 is 2.74 bits per heavy atom.